The molecule has 1 aliphatic heterocycles. The van der Waals surface area contributed by atoms with E-state index in [1.165, 1.54) is 0 Å². The molecule has 0 aliphatic carbocycles. The summed E-state index contributed by atoms with van der Waals surface area (Å²) < 4.78 is 5.31. The first-order chi connectivity index (χ1) is 10.7. The minimum Gasteiger partial charge on any atom is -0.497 e. The van der Waals surface area contributed by atoms with Crippen molar-refractivity contribution in [3.8, 4) is 5.75 Å². The second kappa shape index (κ2) is 4.70. The Kier molecular flexibility index (Phi) is 2.79. The highest BCUT2D eigenvalue weighted by Crippen LogP contribution is 2.40. The molecule has 0 unspecified atom stereocenters. The molecule has 3 aromatic rings. The number of benzene rings is 2. The Morgan fingerprint density at radius 1 is 1.18 bits per heavy atom. The number of hydrogen-bond acceptors (Lipinski definition) is 3. The lowest BCUT2D eigenvalue weighted by Gasteiger charge is -2.16. The summed E-state index contributed by atoms with van der Waals surface area (Å²) in [6, 6.07) is 11.6. The molecule has 0 N–H and O–H groups in total. The van der Waals surface area contributed by atoms with Gasteiger partial charge in [0.2, 0.25) is 0 Å². The van der Waals surface area contributed by atoms with Crippen LogP contribution in [0.2, 0.25) is 0 Å². The fourth-order valence-electron chi connectivity index (χ4n) is 3.22. The standard InChI is InChI=1S/C18H16N2O2/c1-3-9-20-15-6-4-5-14-17(15)16(18(20)21)12-10-11(22-2)7-8-13(12)19-14/h4-8,10H,3,9H2,1-2H3. The number of pyridine rings is 1. The molecule has 2 heterocycles. The number of carbonyl (C=O) groups excluding carboxylic acids is 1. The molecule has 1 aliphatic rings. The molecule has 0 saturated heterocycles. The lowest BCUT2D eigenvalue weighted by Crippen LogP contribution is -2.27. The normalized spacial score (nSPS) is 13.4. The average Bonchev–Trinajstić information content (AvgIpc) is 2.83. The second-order valence-corrected chi connectivity index (χ2v) is 5.50. The second-order valence-electron chi connectivity index (χ2n) is 5.50. The van der Waals surface area contributed by atoms with E-state index in [0.29, 0.717) is 0 Å². The highest BCUT2D eigenvalue weighted by molar-refractivity contribution is 6.30. The van der Waals surface area contributed by atoms with Crippen molar-refractivity contribution in [3.05, 3.63) is 42.0 Å². The number of ether oxygens (including phenoxy) is 1. The highest BCUT2D eigenvalue weighted by Gasteiger charge is 2.31. The van der Waals surface area contributed by atoms with E-state index in [4.69, 9.17) is 9.72 Å². The van der Waals surface area contributed by atoms with Crippen molar-refractivity contribution in [1.29, 1.82) is 0 Å². The highest BCUT2D eigenvalue weighted by atomic mass is 16.5. The van der Waals surface area contributed by atoms with Crippen LogP contribution in [0.15, 0.2) is 36.4 Å². The molecule has 0 atom stereocenters. The lowest BCUT2D eigenvalue weighted by molar-refractivity contribution is 0.0994. The van der Waals surface area contributed by atoms with Crippen LogP contribution in [0.5, 0.6) is 5.75 Å². The van der Waals surface area contributed by atoms with Crippen LogP contribution in [-0.4, -0.2) is 24.5 Å². The van der Waals surface area contributed by atoms with Crippen LogP contribution in [0.3, 0.4) is 0 Å². The van der Waals surface area contributed by atoms with Crippen LogP contribution >= 0.6 is 0 Å². The number of amides is 1. The van der Waals surface area contributed by atoms with E-state index >= 15 is 0 Å². The number of aromatic nitrogens is 1. The zero-order chi connectivity index (χ0) is 15.3. The molecule has 4 rings (SSSR count). The Balaban J connectivity index is 2.12. The molecule has 22 heavy (non-hydrogen) atoms. The van der Waals surface area contributed by atoms with Gasteiger partial charge in [0.25, 0.3) is 5.91 Å². The minimum atomic E-state index is 0.0636. The first-order valence-corrected chi connectivity index (χ1v) is 7.47. The van der Waals surface area contributed by atoms with E-state index in [1.54, 1.807) is 7.11 Å². The summed E-state index contributed by atoms with van der Waals surface area (Å²) in [5, 5.41) is 1.82. The predicted octanol–water partition coefficient (Wildman–Crippen LogP) is 3.77. The average molecular weight is 292 g/mol. The predicted molar refractivity (Wildman–Crippen MR) is 87.8 cm³/mol. The van der Waals surface area contributed by atoms with Gasteiger partial charge in [-0.15, -0.1) is 0 Å². The maximum atomic E-state index is 12.9. The Morgan fingerprint density at radius 3 is 2.82 bits per heavy atom. The van der Waals surface area contributed by atoms with Gasteiger partial charge in [-0.05, 0) is 36.8 Å². The Morgan fingerprint density at radius 2 is 2.05 bits per heavy atom. The van der Waals surface area contributed by atoms with Crippen molar-refractivity contribution in [2.24, 2.45) is 0 Å². The van der Waals surface area contributed by atoms with Gasteiger partial charge >= 0.3 is 0 Å². The van der Waals surface area contributed by atoms with E-state index in [9.17, 15) is 4.79 Å². The van der Waals surface area contributed by atoms with Crippen LogP contribution in [0, 0.1) is 0 Å². The lowest BCUT2D eigenvalue weighted by atomic mass is 10.0. The van der Waals surface area contributed by atoms with E-state index in [1.807, 2.05) is 41.3 Å². The SMILES string of the molecule is CCCN1C(=O)c2c3cc(OC)ccc3nc3cccc1c23. The number of hydrogen-bond donors (Lipinski definition) is 0. The van der Waals surface area contributed by atoms with Gasteiger partial charge in [0, 0.05) is 17.3 Å². The molecule has 0 fully saturated rings. The fourth-order valence-corrected chi connectivity index (χ4v) is 3.22. The quantitative estimate of drug-likeness (QED) is 0.690. The summed E-state index contributed by atoms with van der Waals surface area (Å²) in [7, 11) is 1.63. The largest absolute Gasteiger partial charge is 0.497 e. The molecular weight excluding hydrogens is 276 g/mol. The summed E-state index contributed by atoms with van der Waals surface area (Å²) in [5.41, 5.74) is 3.42. The van der Waals surface area contributed by atoms with Crippen molar-refractivity contribution in [2.75, 3.05) is 18.6 Å². The van der Waals surface area contributed by atoms with Crippen molar-refractivity contribution >= 4 is 33.4 Å². The smallest absolute Gasteiger partial charge is 0.259 e. The number of carbonyl (C=O) groups is 1. The van der Waals surface area contributed by atoms with Crippen LogP contribution in [0.1, 0.15) is 23.7 Å². The van der Waals surface area contributed by atoms with Gasteiger partial charge < -0.3 is 9.64 Å². The molecule has 0 bridgehead atoms. The molecule has 0 saturated carbocycles. The third-order valence-corrected chi connectivity index (χ3v) is 4.18. The topological polar surface area (TPSA) is 42.4 Å². The zero-order valence-corrected chi connectivity index (χ0v) is 12.6. The maximum Gasteiger partial charge on any atom is 0.259 e. The molecule has 110 valence electrons. The van der Waals surface area contributed by atoms with Crippen molar-refractivity contribution in [1.82, 2.24) is 4.98 Å². The van der Waals surface area contributed by atoms with Gasteiger partial charge in [-0.2, -0.15) is 0 Å². The van der Waals surface area contributed by atoms with Crippen molar-refractivity contribution in [2.45, 2.75) is 13.3 Å². The zero-order valence-electron chi connectivity index (χ0n) is 12.6. The Bertz CT molecular complexity index is 918. The van der Waals surface area contributed by atoms with Gasteiger partial charge in [0.1, 0.15) is 5.75 Å². The van der Waals surface area contributed by atoms with Gasteiger partial charge in [-0.25, -0.2) is 4.98 Å². The van der Waals surface area contributed by atoms with E-state index in [-0.39, 0.29) is 5.91 Å². The van der Waals surface area contributed by atoms with Crippen LogP contribution in [0.4, 0.5) is 5.69 Å². The number of nitrogens with zero attached hydrogens (tertiary/aromatic N) is 2. The number of rotatable bonds is 3. The van der Waals surface area contributed by atoms with Crippen LogP contribution in [0.25, 0.3) is 21.8 Å². The van der Waals surface area contributed by atoms with Gasteiger partial charge in [-0.3, -0.25) is 4.79 Å². The monoisotopic (exact) mass is 292 g/mol. The van der Waals surface area contributed by atoms with E-state index < -0.39 is 0 Å². The van der Waals surface area contributed by atoms with Gasteiger partial charge in [0.15, 0.2) is 0 Å². The number of methoxy groups -OCH3 is 1. The first kappa shape index (κ1) is 13.1. The summed E-state index contributed by atoms with van der Waals surface area (Å²) in [6.45, 7) is 2.80. The molecule has 1 amide bonds. The molecule has 4 heteroatoms. The Hall–Kier alpha value is -2.62. The molecule has 2 aromatic carbocycles. The van der Waals surface area contributed by atoms with Crippen molar-refractivity contribution in [3.63, 3.8) is 0 Å². The summed E-state index contributed by atoms with van der Waals surface area (Å²) in [6.07, 6.45) is 0.921. The fraction of sp³-hybridized carbons (Fsp3) is 0.222. The maximum absolute atomic E-state index is 12.9. The van der Waals surface area contributed by atoms with Crippen LogP contribution in [-0.2, 0) is 0 Å². The summed E-state index contributed by atoms with van der Waals surface area (Å²) in [5.74, 6) is 0.804. The summed E-state index contributed by atoms with van der Waals surface area (Å²) in [4.78, 5) is 19.5. The molecular formula is C18H16N2O2. The number of fused-ring (bicyclic) bond motifs is 2. The molecule has 1 aromatic heterocycles. The van der Waals surface area contributed by atoms with Gasteiger partial charge in [-0.1, -0.05) is 13.0 Å². The van der Waals surface area contributed by atoms with Crippen LogP contribution < -0.4 is 9.64 Å². The minimum absolute atomic E-state index is 0.0636. The van der Waals surface area contributed by atoms with Gasteiger partial charge in [0.05, 0.1) is 29.4 Å². The molecule has 0 radical (unpaired) electrons. The molecule has 0 spiro atoms. The summed E-state index contributed by atoms with van der Waals surface area (Å²) >= 11 is 0. The number of anilines is 1. The molecule has 4 nitrogen and oxygen atoms in total. The van der Waals surface area contributed by atoms with E-state index in [2.05, 4.69) is 6.92 Å². The Labute approximate surface area is 128 Å². The third kappa shape index (κ3) is 1.64. The van der Waals surface area contributed by atoms with E-state index in [0.717, 1.165) is 51.8 Å². The van der Waals surface area contributed by atoms with Crippen molar-refractivity contribution < 1.29 is 9.53 Å². The third-order valence-electron chi connectivity index (χ3n) is 4.18. The first-order valence-electron chi connectivity index (χ1n) is 7.47.